The van der Waals surface area contributed by atoms with E-state index in [1.165, 1.54) is 0 Å². The molecule has 9 aromatic rings. The lowest BCUT2D eigenvalue weighted by molar-refractivity contribution is 0.493. The minimum atomic E-state index is -1.39. The summed E-state index contributed by atoms with van der Waals surface area (Å²) in [5.41, 5.74) is -12.4. The van der Waals surface area contributed by atoms with E-state index >= 15 is 0 Å². The molecule has 0 saturated heterocycles. The van der Waals surface area contributed by atoms with Gasteiger partial charge in [0.05, 0.1) is 48.0 Å². The zero-order valence-electron chi connectivity index (χ0n) is 61.9. The van der Waals surface area contributed by atoms with Crippen LogP contribution in [0.5, 0.6) is 11.5 Å². The molecule has 0 atom stereocenters. The van der Waals surface area contributed by atoms with E-state index in [9.17, 15) is 21.9 Å². The predicted molar refractivity (Wildman–Crippen MR) is 226 cm³/mol. The first-order valence-electron chi connectivity index (χ1n) is 33.1. The van der Waals surface area contributed by atoms with E-state index in [-0.39, 0.29) is 4.90 Å². The first-order chi connectivity index (χ1) is 41.4. The van der Waals surface area contributed by atoms with E-state index in [2.05, 4.69) is 0 Å². The van der Waals surface area contributed by atoms with Gasteiger partial charge in [0.1, 0.15) is 11.5 Å². The number of anilines is 3. The van der Waals surface area contributed by atoms with Crippen LogP contribution in [0.3, 0.4) is 0 Å². The van der Waals surface area contributed by atoms with Crippen LogP contribution in [0.15, 0.2) is 211 Å². The molecule has 254 valence electrons. The van der Waals surface area contributed by atoms with Crippen molar-refractivity contribution in [3.05, 3.63) is 211 Å². The van der Waals surface area contributed by atoms with Gasteiger partial charge < -0.3 is 9.64 Å². The summed E-state index contributed by atoms with van der Waals surface area (Å²) in [4.78, 5) is 0.232. The number of hydrogen-bond acceptors (Lipinski definition) is 2. The molecule has 54 heavy (non-hydrogen) atoms. The van der Waals surface area contributed by atoms with E-state index in [0.717, 1.165) is 0 Å². The lowest BCUT2D eigenvalue weighted by atomic mass is 9.92. The van der Waals surface area contributed by atoms with Crippen LogP contribution in [0.1, 0.15) is 48.0 Å². The quantitative estimate of drug-likeness (QED) is 0.169. The fourth-order valence-electron chi connectivity index (χ4n) is 5.43. The van der Waals surface area contributed by atoms with Gasteiger partial charge in [-0.3, -0.25) is 0 Å². The Balaban J connectivity index is 1.34. The molecule has 0 aliphatic carbocycles. The van der Waals surface area contributed by atoms with Crippen molar-refractivity contribution in [2.24, 2.45) is 0 Å². The number of benzene rings is 9. The van der Waals surface area contributed by atoms with E-state index < -0.39 is 306 Å². The van der Waals surface area contributed by atoms with Crippen LogP contribution in [-0.4, -0.2) is 0 Å². The third kappa shape index (κ3) is 5.71. The molecule has 1 aliphatic rings. The van der Waals surface area contributed by atoms with Gasteiger partial charge >= 0.3 is 0 Å². The smallest absolute Gasteiger partial charge is 0.143 e. The first kappa shape index (κ1) is 11.9. The summed E-state index contributed by atoms with van der Waals surface area (Å²) in [6.07, 6.45) is 0. The zero-order chi connectivity index (χ0) is 66.3. The van der Waals surface area contributed by atoms with Crippen molar-refractivity contribution >= 4 is 27.8 Å². The van der Waals surface area contributed by atoms with Crippen LogP contribution >= 0.6 is 0 Å². The maximum atomic E-state index is 9.78. The van der Waals surface area contributed by atoms with Crippen LogP contribution in [0, 0.1) is 0 Å². The highest BCUT2D eigenvalue weighted by Crippen LogP contribution is 2.50. The fourth-order valence-corrected chi connectivity index (χ4v) is 5.43. The third-order valence-corrected chi connectivity index (χ3v) is 7.88. The Morgan fingerprint density at radius 1 is 0.333 bits per heavy atom. The second-order valence-corrected chi connectivity index (χ2v) is 11.0. The monoisotopic (exact) mass is 724 g/mol. The lowest BCUT2D eigenvalue weighted by Crippen LogP contribution is -2.09. The molecule has 0 unspecified atom stereocenters. The van der Waals surface area contributed by atoms with Crippen LogP contribution < -0.4 is 9.64 Å². The Hall–Kier alpha value is -7.16. The molecule has 10 rings (SSSR count). The fraction of sp³-hybridized carbons (Fsp3) is 0. The summed E-state index contributed by atoms with van der Waals surface area (Å²) >= 11 is 0. The summed E-state index contributed by atoms with van der Waals surface area (Å²) in [7, 11) is 0. The molecule has 0 radical (unpaired) electrons. The van der Waals surface area contributed by atoms with Gasteiger partial charge in [0.15, 0.2) is 0 Å². The summed E-state index contributed by atoms with van der Waals surface area (Å²) in [6.45, 7) is 0. The molecule has 0 N–H and O–H groups in total. The highest BCUT2D eigenvalue weighted by atomic mass is 16.5. The van der Waals surface area contributed by atoms with Gasteiger partial charge in [0.25, 0.3) is 0 Å². The van der Waals surface area contributed by atoms with Gasteiger partial charge in [0, 0.05) is 33.6 Å². The molecule has 1 aliphatic heterocycles. The molecular formula is C52H35NO. The maximum absolute atomic E-state index is 9.78. The molecule has 0 bridgehead atoms. The summed E-state index contributed by atoms with van der Waals surface area (Å²) in [5, 5.41) is -1.31. The normalized spacial score (nSPS) is 20.6. The minimum Gasteiger partial charge on any atom is -0.455 e. The molecule has 0 fully saturated rings. The molecule has 9 aromatic carbocycles. The minimum absolute atomic E-state index is 0.232. The van der Waals surface area contributed by atoms with E-state index in [1.54, 1.807) is 0 Å². The average Bonchev–Trinajstić information content (AvgIpc) is 1.69. The topological polar surface area (TPSA) is 12.5 Å². The molecular weight excluding hydrogens is 655 g/mol. The van der Waals surface area contributed by atoms with Crippen molar-refractivity contribution in [3.8, 4) is 67.1 Å². The van der Waals surface area contributed by atoms with Crippen LogP contribution in [-0.2, 0) is 0 Å². The van der Waals surface area contributed by atoms with Gasteiger partial charge in [0.2, 0.25) is 0 Å². The van der Waals surface area contributed by atoms with Crippen molar-refractivity contribution in [1.82, 2.24) is 0 Å². The first-order valence-corrected chi connectivity index (χ1v) is 15.6. The highest BCUT2D eigenvalue weighted by molar-refractivity contribution is 6.00. The molecule has 0 saturated carbocycles. The van der Waals surface area contributed by atoms with Crippen LogP contribution in [0.4, 0.5) is 17.1 Å². The van der Waals surface area contributed by atoms with Crippen molar-refractivity contribution in [3.63, 3.8) is 0 Å². The molecule has 1 heterocycles. The molecule has 2 heteroatoms. The van der Waals surface area contributed by atoms with Crippen molar-refractivity contribution in [2.45, 2.75) is 0 Å². The Morgan fingerprint density at radius 2 is 0.759 bits per heavy atom. The molecule has 0 aromatic heterocycles. The maximum Gasteiger partial charge on any atom is 0.143 e. The van der Waals surface area contributed by atoms with Gasteiger partial charge in [-0.25, -0.2) is 0 Å². The summed E-state index contributed by atoms with van der Waals surface area (Å²) in [6, 6.07) is -38.2. The van der Waals surface area contributed by atoms with Gasteiger partial charge in [-0.1, -0.05) is 157 Å². The number of hydrogen-bond donors (Lipinski definition) is 0. The largest absolute Gasteiger partial charge is 0.455 e. The van der Waals surface area contributed by atoms with E-state index in [1.807, 2.05) is 0 Å². The lowest BCUT2D eigenvalue weighted by Gasteiger charge is -2.26. The average molecular weight is 725 g/mol. The van der Waals surface area contributed by atoms with Gasteiger partial charge in [-0.05, 0) is 104 Å². The van der Waals surface area contributed by atoms with Gasteiger partial charge in [-0.2, -0.15) is 0 Å². The molecule has 2 nitrogen and oxygen atoms in total. The van der Waals surface area contributed by atoms with Crippen molar-refractivity contribution in [1.29, 1.82) is 0 Å². The van der Waals surface area contributed by atoms with Crippen LogP contribution in [0.2, 0.25) is 0 Å². The van der Waals surface area contributed by atoms with E-state index in [0.29, 0.717) is 0 Å². The third-order valence-electron chi connectivity index (χ3n) is 7.88. The Labute approximate surface area is 365 Å². The standard InChI is InChI=1S/C52H35NO/c1-3-11-36(12-4-1)38-19-27-43(28-20-38)53(44-29-21-39(22-30-44)37-13-5-2-6-14-37)45-31-23-40(24-32-45)42-26-33-49-47-17-9-10-18-48(47)50-34-25-41-15-7-8-16-46(41)52(50)54-51(49)35-42/h1-35H/i1D,2D,3D,4D,5D,6D,7D,8D,9D,10D,11D,12D,13D,14D,15D,16D,17D,18D,19D,20D,21D,22D,23D,24D,25D,26D,27D,28D,29D,30D,31D,32D,33D,34D,35D. The van der Waals surface area contributed by atoms with Crippen molar-refractivity contribution < 1.29 is 52.7 Å². The second kappa shape index (κ2) is 13.4. The van der Waals surface area contributed by atoms with E-state index in [4.69, 9.17) is 30.8 Å². The summed E-state index contributed by atoms with van der Waals surface area (Å²) in [5.74, 6) is -1.82. The zero-order valence-corrected chi connectivity index (χ0v) is 26.9. The number of fused-ring (bicyclic) bond motifs is 7. The molecule has 0 amide bonds. The summed E-state index contributed by atoms with van der Waals surface area (Å²) < 4.78 is 321. The van der Waals surface area contributed by atoms with Crippen LogP contribution in [0.25, 0.3) is 66.4 Å². The highest BCUT2D eigenvalue weighted by Gasteiger charge is 2.23. The SMILES string of the molecule is [2H]c1c([2H])c([2H])c(-c2c([2H])c([2H])c(N(c3c([2H])c([2H])c(-c4c([2H])c([2H])c([2H])c([2H])c4[2H])c([2H])c3[2H])c3c([2H])c([2H])c(-c4c([2H])c([2H])c5c(c4[2H])Oc4c(c([2H])c([2H])c6c([2H])c([2H])c([2H])c([2H])c46)-c4c([2H])c([2H])c([2H])c([2H])c4-5)c([2H])c3[2H])c([2H])c2[2H])c([2H])c1[2H]. The van der Waals surface area contributed by atoms with Gasteiger partial charge in [-0.15, -0.1) is 0 Å². The Bertz CT molecular complexity index is 4540. The Morgan fingerprint density at radius 3 is 1.33 bits per heavy atom. The number of ether oxygens (including phenoxy) is 1. The number of rotatable bonds is 6. The molecule has 0 spiro atoms. The Kier molecular flexibility index (Phi) is 2.97. The predicted octanol–water partition coefficient (Wildman–Crippen LogP) is 14.8. The number of nitrogens with zero attached hydrogens (tertiary/aromatic N) is 1. The van der Waals surface area contributed by atoms with Crippen molar-refractivity contribution in [2.75, 3.05) is 4.90 Å². The second-order valence-electron chi connectivity index (χ2n) is 11.0.